The number of carbonyl (C=O) groups is 2. The summed E-state index contributed by atoms with van der Waals surface area (Å²) in [4.78, 5) is 29.1. The fourth-order valence-corrected chi connectivity index (χ4v) is 3.99. The van der Waals surface area contributed by atoms with Crippen molar-refractivity contribution in [2.24, 2.45) is 5.92 Å². The van der Waals surface area contributed by atoms with Gasteiger partial charge in [0.2, 0.25) is 5.88 Å². The summed E-state index contributed by atoms with van der Waals surface area (Å²) in [6, 6.07) is 16.5. The Labute approximate surface area is 174 Å². The highest BCUT2D eigenvalue weighted by Crippen LogP contribution is 2.37. The molecule has 0 bridgehead atoms. The van der Waals surface area contributed by atoms with Crippen molar-refractivity contribution in [3.05, 3.63) is 83.0 Å². The number of fused-ring (bicyclic) bond motifs is 1. The van der Waals surface area contributed by atoms with Crippen LogP contribution in [0.3, 0.4) is 0 Å². The number of benzene rings is 2. The van der Waals surface area contributed by atoms with Crippen LogP contribution in [-0.2, 0) is 11.2 Å². The summed E-state index contributed by atoms with van der Waals surface area (Å²) in [7, 11) is 1.54. The number of aryl methyl sites for hydroxylation is 1. The van der Waals surface area contributed by atoms with Gasteiger partial charge < -0.3 is 15.2 Å². The average molecular weight is 402 g/mol. The standard InChI is InChI=1S/C24H22N2O4/c1-14-6-5-8-15(10-14)19-12-17(13-25-23(19)30-2)22(27)26-21-18-9-4-3-7-16(18)11-20(21)24(28)29/h3-10,12-13,20-21H,11H2,1-2H3,(H,26,27)(H,28,29). The van der Waals surface area contributed by atoms with Crippen LogP contribution in [0.1, 0.15) is 33.1 Å². The van der Waals surface area contributed by atoms with Gasteiger partial charge in [-0.3, -0.25) is 9.59 Å². The summed E-state index contributed by atoms with van der Waals surface area (Å²) in [6.07, 6.45) is 1.84. The maximum absolute atomic E-state index is 13.0. The first-order valence-electron chi connectivity index (χ1n) is 9.70. The maximum atomic E-state index is 13.0. The van der Waals surface area contributed by atoms with Gasteiger partial charge in [0.1, 0.15) is 0 Å². The van der Waals surface area contributed by atoms with Crippen molar-refractivity contribution in [2.45, 2.75) is 19.4 Å². The lowest BCUT2D eigenvalue weighted by atomic mass is 9.99. The molecular weight excluding hydrogens is 380 g/mol. The molecule has 1 aromatic heterocycles. The second-order valence-electron chi connectivity index (χ2n) is 7.45. The quantitative estimate of drug-likeness (QED) is 0.678. The molecule has 0 spiro atoms. The number of aromatic nitrogens is 1. The van der Waals surface area contributed by atoms with E-state index in [2.05, 4.69) is 10.3 Å². The number of ether oxygens (including phenoxy) is 1. The number of rotatable bonds is 5. The Bertz CT molecular complexity index is 1130. The molecule has 6 heteroatoms. The van der Waals surface area contributed by atoms with E-state index in [0.717, 1.165) is 22.3 Å². The van der Waals surface area contributed by atoms with Crippen molar-refractivity contribution in [1.82, 2.24) is 10.3 Å². The number of carbonyl (C=O) groups excluding carboxylic acids is 1. The zero-order valence-electron chi connectivity index (χ0n) is 16.8. The third-order valence-electron chi connectivity index (χ3n) is 5.47. The van der Waals surface area contributed by atoms with Crippen molar-refractivity contribution < 1.29 is 19.4 Å². The minimum Gasteiger partial charge on any atom is -0.481 e. The van der Waals surface area contributed by atoms with Crippen molar-refractivity contribution in [3.8, 4) is 17.0 Å². The van der Waals surface area contributed by atoms with E-state index in [1.807, 2.05) is 55.5 Å². The Balaban J connectivity index is 1.67. The summed E-state index contributed by atoms with van der Waals surface area (Å²) >= 11 is 0. The molecule has 1 amide bonds. The van der Waals surface area contributed by atoms with Crippen molar-refractivity contribution in [1.29, 1.82) is 0 Å². The van der Waals surface area contributed by atoms with Crippen LogP contribution in [0.15, 0.2) is 60.8 Å². The van der Waals surface area contributed by atoms with Crippen molar-refractivity contribution >= 4 is 11.9 Å². The number of aliphatic carboxylic acids is 1. The number of amides is 1. The van der Waals surface area contributed by atoms with E-state index in [9.17, 15) is 14.7 Å². The molecule has 6 nitrogen and oxygen atoms in total. The molecule has 0 fully saturated rings. The van der Waals surface area contributed by atoms with E-state index in [4.69, 9.17) is 4.74 Å². The minimum atomic E-state index is -0.926. The summed E-state index contributed by atoms with van der Waals surface area (Å²) in [5.41, 5.74) is 4.82. The molecule has 0 radical (unpaired) electrons. The number of hydrogen-bond acceptors (Lipinski definition) is 4. The molecule has 152 valence electrons. The zero-order chi connectivity index (χ0) is 21.3. The third kappa shape index (κ3) is 3.64. The highest BCUT2D eigenvalue weighted by atomic mass is 16.5. The molecular formula is C24H22N2O4. The Kier molecular flexibility index (Phi) is 5.23. The van der Waals surface area contributed by atoms with Crippen LogP contribution in [0.5, 0.6) is 5.88 Å². The molecule has 0 aliphatic heterocycles. The summed E-state index contributed by atoms with van der Waals surface area (Å²) < 4.78 is 5.38. The van der Waals surface area contributed by atoms with E-state index in [1.165, 1.54) is 13.3 Å². The predicted molar refractivity (Wildman–Crippen MR) is 112 cm³/mol. The molecule has 1 aliphatic rings. The van der Waals surface area contributed by atoms with Gasteiger partial charge in [-0.05, 0) is 36.1 Å². The summed E-state index contributed by atoms with van der Waals surface area (Å²) in [5, 5.41) is 12.6. The van der Waals surface area contributed by atoms with Crippen molar-refractivity contribution in [2.75, 3.05) is 7.11 Å². The van der Waals surface area contributed by atoms with E-state index < -0.39 is 17.9 Å². The molecule has 2 aromatic carbocycles. The van der Waals surface area contributed by atoms with E-state index in [0.29, 0.717) is 23.4 Å². The second kappa shape index (κ2) is 7.99. The largest absolute Gasteiger partial charge is 0.481 e. The fourth-order valence-electron chi connectivity index (χ4n) is 3.99. The van der Waals surface area contributed by atoms with Crippen LogP contribution < -0.4 is 10.1 Å². The third-order valence-corrected chi connectivity index (χ3v) is 5.47. The number of methoxy groups -OCH3 is 1. The molecule has 2 unspecified atom stereocenters. The molecule has 2 N–H and O–H groups in total. The molecule has 1 heterocycles. The second-order valence-corrected chi connectivity index (χ2v) is 7.45. The number of pyridine rings is 1. The molecule has 4 rings (SSSR count). The summed E-state index contributed by atoms with van der Waals surface area (Å²) in [6.45, 7) is 1.99. The Morgan fingerprint density at radius 3 is 2.67 bits per heavy atom. The first kappa shape index (κ1) is 19.6. The lowest BCUT2D eigenvalue weighted by molar-refractivity contribution is -0.142. The Morgan fingerprint density at radius 1 is 1.13 bits per heavy atom. The van der Waals surface area contributed by atoms with Gasteiger partial charge in [0, 0.05) is 11.8 Å². The monoisotopic (exact) mass is 402 g/mol. The van der Waals surface area contributed by atoms with Crippen molar-refractivity contribution in [3.63, 3.8) is 0 Å². The van der Waals surface area contributed by atoms with Gasteiger partial charge in [-0.15, -0.1) is 0 Å². The lowest BCUT2D eigenvalue weighted by Crippen LogP contribution is -2.34. The first-order valence-corrected chi connectivity index (χ1v) is 9.70. The SMILES string of the molecule is COc1ncc(C(=O)NC2c3ccccc3CC2C(=O)O)cc1-c1cccc(C)c1. The van der Waals surface area contributed by atoms with Crippen LogP contribution in [0.2, 0.25) is 0 Å². The van der Waals surface area contributed by atoms with Gasteiger partial charge in [-0.25, -0.2) is 4.98 Å². The highest BCUT2D eigenvalue weighted by Gasteiger charge is 2.38. The molecule has 1 aliphatic carbocycles. The van der Waals surface area contributed by atoms with Gasteiger partial charge in [-0.2, -0.15) is 0 Å². The van der Waals surface area contributed by atoms with Gasteiger partial charge in [-0.1, -0.05) is 54.1 Å². The Hall–Kier alpha value is -3.67. The Morgan fingerprint density at radius 2 is 1.93 bits per heavy atom. The van der Waals surface area contributed by atoms with E-state index >= 15 is 0 Å². The van der Waals surface area contributed by atoms with Gasteiger partial charge in [0.25, 0.3) is 5.91 Å². The van der Waals surface area contributed by atoms with Crippen LogP contribution in [0.25, 0.3) is 11.1 Å². The van der Waals surface area contributed by atoms with Crippen LogP contribution in [-0.4, -0.2) is 29.1 Å². The van der Waals surface area contributed by atoms with E-state index in [1.54, 1.807) is 6.07 Å². The predicted octanol–water partition coefficient (Wildman–Crippen LogP) is 3.79. The number of hydrogen-bond donors (Lipinski definition) is 2. The normalized spacial score (nSPS) is 17.3. The van der Waals surface area contributed by atoms with Crippen LogP contribution in [0, 0.1) is 12.8 Å². The number of carboxylic acid groups (broad SMARTS) is 1. The first-order chi connectivity index (χ1) is 14.5. The van der Waals surface area contributed by atoms with E-state index in [-0.39, 0.29) is 5.91 Å². The van der Waals surface area contributed by atoms with Gasteiger partial charge in [0.15, 0.2) is 0 Å². The van der Waals surface area contributed by atoms with Crippen LogP contribution >= 0.6 is 0 Å². The lowest BCUT2D eigenvalue weighted by Gasteiger charge is -2.19. The van der Waals surface area contributed by atoms with Crippen LogP contribution in [0.4, 0.5) is 0 Å². The number of carboxylic acids is 1. The fraction of sp³-hybridized carbons (Fsp3) is 0.208. The zero-order valence-corrected chi connectivity index (χ0v) is 16.8. The average Bonchev–Trinajstić information content (AvgIpc) is 3.12. The summed E-state index contributed by atoms with van der Waals surface area (Å²) in [5.74, 6) is -1.57. The molecule has 0 saturated heterocycles. The van der Waals surface area contributed by atoms with Gasteiger partial charge in [0.05, 0.1) is 24.6 Å². The number of nitrogens with one attached hydrogen (secondary N) is 1. The highest BCUT2D eigenvalue weighted by molar-refractivity contribution is 5.96. The number of nitrogens with zero attached hydrogens (tertiary/aromatic N) is 1. The smallest absolute Gasteiger partial charge is 0.309 e. The maximum Gasteiger partial charge on any atom is 0.309 e. The topological polar surface area (TPSA) is 88.5 Å². The molecule has 3 aromatic rings. The minimum absolute atomic E-state index is 0.348. The van der Waals surface area contributed by atoms with Gasteiger partial charge >= 0.3 is 5.97 Å². The molecule has 30 heavy (non-hydrogen) atoms. The molecule has 2 atom stereocenters. The molecule has 0 saturated carbocycles.